The van der Waals surface area contributed by atoms with E-state index in [1.165, 1.54) is 4.90 Å². The second-order valence-corrected chi connectivity index (χ2v) is 2.49. The van der Waals surface area contributed by atoms with E-state index in [-0.39, 0.29) is 13.1 Å². The number of nitriles is 2. The number of rotatable bonds is 3. The minimum absolute atomic E-state index is 0.103. The Morgan fingerprint density at radius 2 is 1.86 bits per heavy atom. The molecule has 0 bridgehead atoms. The summed E-state index contributed by atoms with van der Waals surface area (Å²) in [6, 6.07) is 7.08. The van der Waals surface area contributed by atoms with Crippen molar-refractivity contribution >= 4 is 11.6 Å². The van der Waals surface area contributed by atoms with Crippen LogP contribution in [0.25, 0.3) is 0 Å². The highest BCUT2D eigenvalue weighted by Gasteiger charge is 2.06. The summed E-state index contributed by atoms with van der Waals surface area (Å²) in [4.78, 5) is 1.51. The normalized spacial score (nSPS) is 8.71. The Balaban J connectivity index is 2.84. The van der Waals surface area contributed by atoms with Crippen LogP contribution < -0.4 is 10.6 Å². The topological polar surface area (TPSA) is 103 Å². The summed E-state index contributed by atoms with van der Waals surface area (Å²) in [5.74, 6) is 0.782. The molecule has 0 aliphatic rings. The van der Waals surface area contributed by atoms with E-state index in [1.54, 1.807) is 12.1 Å². The zero-order valence-corrected chi connectivity index (χ0v) is 7.38. The highest BCUT2D eigenvalue weighted by atomic mass is 15.3. The molecule has 0 fully saturated rings. The number of hydrogen-bond donors (Lipinski definition) is 1. The van der Waals surface area contributed by atoms with Gasteiger partial charge < -0.3 is 10.6 Å². The smallest absolute Gasteiger partial charge is 0.153 e. The largest absolute Gasteiger partial charge is 0.382 e. The molecule has 0 atom stereocenters. The molecule has 0 saturated heterocycles. The van der Waals surface area contributed by atoms with E-state index in [0.717, 1.165) is 0 Å². The van der Waals surface area contributed by atoms with Crippen molar-refractivity contribution in [3.05, 3.63) is 12.1 Å². The predicted molar refractivity (Wildman–Crippen MR) is 49.9 cm³/mol. The lowest BCUT2D eigenvalue weighted by molar-refractivity contribution is 0.896. The van der Waals surface area contributed by atoms with Crippen molar-refractivity contribution in [2.24, 2.45) is 0 Å². The Labute approximate surface area is 81.2 Å². The molecule has 0 amide bonds. The molecule has 70 valence electrons. The number of aromatic nitrogens is 2. The molecule has 1 aromatic rings. The molecule has 1 aromatic heterocycles. The first-order valence-electron chi connectivity index (χ1n) is 3.86. The van der Waals surface area contributed by atoms with Crippen molar-refractivity contribution in [2.45, 2.75) is 0 Å². The molecule has 0 unspecified atom stereocenters. The van der Waals surface area contributed by atoms with Crippen LogP contribution in [0.5, 0.6) is 0 Å². The highest BCUT2D eigenvalue weighted by molar-refractivity contribution is 5.43. The van der Waals surface area contributed by atoms with Gasteiger partial charge in [-0.3, -0.25) is 0 Å². The summed E-state index contributed by atoms with van der Waals surface area (Å²) in [6.45, 7) is 0.207. The van der Waals surface area contributed by atoms with Crippen molar-refractivity contribution in [3.63, 3.8) is 0 Å². The van der Waals surface area contributed by atoms with Crippen molar-refractivity contribution in [1.29, 1.82) is 10.5 Å². The molecule has 0 aliphatic heterocycles. The number of nitrogens with zero attached hydrogens (tertiary/aromatic N) is 5. The predicted octanol–water partition coefficient (Wildman–Crippen LogP) is -0.0876. The van der Waals surface area contributed by atoms with Crippen LogP contribution >= 0.6 is 0 Å². The fourth-order valence-corrected chi connectivity index (χ4v) is 0.893. The zero-order chi connectivity index (χ0) is 10.4. The maximum atomic E-state index is 8.51. The van der Waals surface area contributed by atoms with Gasteiger partial charge in [0.25, 0.3) is 0 Å². The molecule has 0 saturated carbocycles. The Morgan fingerprint density at radius 1 is 1.21 bits per heavy atom. The van der Waals surface area contributed by atoms with Gasteiger partial charge in [-0.05, 0) is 12.1 Å². The third-order valence-electron chi connectivity index (χ3n) is 1.52. The fraction of sp³-hybridized carbons (Fsp3) is 0.250. The molecule has 1 rings (SSSR count). The average Bonchev–Trinajstić information content (AvgIpc) is 2.19. The van der Waals surface area contributed by atoms with E-state index in [9.17, 15) is 0 Å². The number of hydrogen-bond acceptors (Lipinski definition) is 6. The van der Waals surface area contributed by atoms with Gasteiger partial charge >= 0.3 is 0 Å². The van der Waals surface area contributed by atoms with Crippen LogP contribution in [0.1, 0.15) is 0 Å². The lowest BCUT2D eigenvalue weighted by atomic mass is 10.4. The molecule has 1 heterocycles. The number of anilines is 2. The van der Waals surface area contributed by atoms with E-state index in [1.807, 2.05) is 12.1 Å². The van der Waals surface area contributed by atoms with E-state index in [4.69, 9.17) is 16.3 Å². The van der Waals surface area contributed by atoms with Crippen LogP contribution in [-0.4, -0.2) is 23.3 Å². The molecule has 14 heavy (non-hydrogen) atoms. The first kappa shape index (κ1) is 9.75. The summed E-state index contributed by atoms with van der Waals surface area (Å²) in [7, 11) is 0. The van der Waals surface area contributed by atoms with Gasteiger partial charge in [-0.1, -0.05) is 0 Å². The van der Waals surface area contributed by atoms with E-state index in [2.05, 4.69) is 10.2 Å². The quantitative estimate of drug-likeness (QED) is 0.665. The third kappa shape index (κ3) is 2.32. The molecular weight excluding hydrogens is 180 g/mol. The van der Waals surface area contributed by atoms with Crippen molar-refractivity contribution in [3.8, 4) is 12.1 Å². The van der Waals surface area contributed by atoms with Crippen LogP contribution in [-0.2, 0) is 0 Å². The monoisotopic (exact) mass is 188 g/mol. The van der Waals surface area contributed by atoms with Crippen LogP contribution in [0.2, 0.25) is 0 Å². The fourth-order valence-electron chi connectivity index (χ4n) is 0.893. The van der Waals surface area contributed by atoms with E-state index >= 15 is 0 Å². The van der Waals surface area contributed by atoms with Gasteiger partial charge in [0.15, 0.2) is 5.82 Å². The standard InChI is InChI=1S/C8H8N6/c9-3-5-14(6-4-10)8-2-1-7(11)12-13-8/h1-2H,5-6H2,(H2,11,12). The molecule has 0 spiro atoms. The minimum atomic E-state index is 0.103. The van der Waals surface area contributed by atoms with Crippen molar-refractivity contribution in [1.82, 2.24) is 10.2 Å². The first-order valence-corrected chi connectivity index (χ1v) is 3.86. The van der Waals surface area contributed by atoms with Gasteiger partial charge in [-0.25, -0.2) is 0 Å². The highest BCUT2D eigenvalue weighted by Crippen LogP contribution is 2.08. The maximum absolute atomic E-state index is 8.51. The molecular formula is C8H8N6. The summed E-state index contributed by atoms with van der Waals surface area (Å²) < 4.78 is 0. The molecule has 0 aromatic carbocycles. The molecule has 6 heteroatoms. The SMILES string of the molecule is N#CCN(CC#N)c1ccc(N)nn1. The molecule has 0 radical (unpaired) electrons. The Bertz CT molecular complexity index is 354. The summed E-state index contributed by atoms with van der Waals surface area (Å²) in [6.07, 6.45) is 0. The first-order chi connectivity index (χ1) is 6.77. The van der Waals surface area contributed by atoms with Gasteiger partial charge in [0.2, 0.25) is 0 Å². The summed E-state index contributed by atoms with van der Waals surface area (Å²) >= 11 is 0. The van der Waals surface area contributed by atoms with Crippen LogP contribution in [0.15, 0.2) is 12.1 Å². The molecule has 2 N–H and O–H groups in total. The van der Waals surface area contributed by atoms with Crippen molar-refractivity contribution < 1.29 is 0 Å². The third-order valence-corrected chi connectivity index (χ3v) is 1.52. The second-order valence-electron chi connectivity index (χ2n) is 2.49. The Kier molecular flexibility index (Phi) is 3.22. The lowest BCUT2D eigenvalue weighted by Gasteiger charge is -2.15. The van der Waals surface area contributed by atoms with E-state index < -0.39 is 0 Å². The summed E-state index contributed by atoms with van der Waals surface area (Å²) in [5, 5.41) is 24.4. The lowest BCUT2D eigenvalue weighted by Crippen LogP contribution is -2.25. The zero-order valence-electron chi connectivity index (χ0n) is 7.38. The van der Waals surface area contributed by atoms with Gasteiger partial charge in [0.1, 0.15) is 18.9 Å². The van der Waals surface area contributed by atoms with Gasteiger partial charge in [0.05, 0.1) is 12.1 Å². The number of nitrogen functional groups attached to an aromatic ring is 1. The van der Waals surface area contributed by atoms with Crippen LogP contribution in [0.4, 0.5) is 11.6 Å². The average molecular weight is 188 g/mol. The Morgan fingerprint density at radius 3 is 2.29 bits per heavy atom. The van der Waals surface area contributed by atoms with Crippen LogP contribution in [0, 0.1) is 22.7 Å². The van der Waals surface area contributed by atoms with E-state index in [0.29, 0.717) is 11.6 Å². The summed E-state index contributed by atoms with van der Waals surface area (Å²) in [5.41, 5.74) is 5.35. The molecule has 0 aliphatic carbocycles. The van der Waals surface area contributed by atoms with Crippen molar-refractivity contribution in [2.75, 3.05) is 23.7 Å². The van der Waals surface area contributed by atoms with Gasteiger partial charge in [-0.2, -0.15) is 10.5 Å². The Hall–Kier alpha value is -2.34. The molecule has 6 nitrogen and oxygen atoms in total. The minimum Gasteiger partial charge on any atom is -0.382 e. The van der Waals surface area contributed by atoms with Crippen LogP contribution in [0.3, 0.4) is 0 Å². The second kappa shape index (κ2) is 4.63. The van der Waals surface area contributed by atoms with Gasteiger partial charge in [-0.15, -0.1) is 10.2 Å². The number of nitrogens with two attached hydrogens (primary N) is 1. The van der Waals surface area contributed by atoms with Gasteiger partial charge in [0, 0.05) is 0 Å². The maximum Gasteiger partial charge on any atom is 0.153 e.